The van der Waals surface area contributed by atoms with Gasteiger partial charge in [0, 0.05) is 18.2 Å². The fraction of sp³-hybridized carbons (Fsp3) is 0.562. The van der Waals surface area contributed by atoms with Crippen LogP contribution in [0.15, 0.2) is 24.3 Å². The number of ketones is 1. The fourth-order valence-corrected chi connectivity index (χ4v) is 2.51. The van der Waals surface area contributed by atoms with E-state index in [0.29, 0.717) is 12.6 Å². The Morgan fingerprint density at radius 3 is 2.47 bits per heavy atom. The zero-order chi connectivity index (χ0) is 13.8. The summed E-state index contributed by atoms with van der Waals surface area (Å²) < 4.78 is 0. The van der Waals surface area contributed by atoms with E-state index in [4.69, 9.17) is 5.11 Å². The van der Waals surface area contributed by atoms with Crippen molar-refractivity contribution in [2.24, 2.45) is 0 Å². The number of aryl methyl sites for hydroxylation is 1. The SMILES string of the molecule is CCc1ccc(C(=O)C(C)N(CCO)C2CC2)cc1. The summed E-state index contributed by atoms with van der Waals surface area (Å²) in [6.07, 6.45) is 3.28. The molecule has 1 unspecified atom stereocenters. The molecule has 1 N–H and O–H groups in total. The van der Waals surface area contributed by atoms with Crippen molar-refractivity contribution < 1.29 is 9.90 Å². The van der Waals surface area contributed by atoms with Crippen molar-refractivity contribution in [3.8, 4) is 0 Å². The van der Waals surface area contributed by atoms with E-state index in [9.17, 15) is 4.79 Å². The van der Waals surface area contributed by atoms with E-state index in [-0.39, 0.29) is 18.4 Å². The number of rotatable bonds is 7. The first-order valence-electron chi connectivity index (χ1n) is 7.17. The van der Waals surface area contributed by atoms with E-state index < -0.39 is 0 Å². The summed E-state index contributed by atoms with van der Waals surface area (Å²) in [5.74, 6) is 0.156. The van der Waals surface area contributed by atoms with E-state index >= 15 is 0 Å². The first-order chi connectivity index (χ1) is 9.17. The Labute approximate surface area is 115 Å². The summed E-state index contributed by atoms with van der Waals surface area (Å²) in [4.78, 5) is 14.6. The Kier molecular flexibility index (Phi) is 4.72. The Morgan fingerprint density at radius 2 is 2.00 bits per heavy atom. The molecule has 0 bridgehead atoms. The number of benzene rings is 1. The minimum atomic E-state index is -0.146. The number of hydrogen-bond acceptors (Lipinski definition) is 3. The van der Waals surface area contributed by atoms with Gasteiger partial charge in [-0.25, -0.2) is 0 Å². The van der Waals surface area contributed by atoms with Crippen LogP contribution in [-0.2, 0) is 6.42 Å². The molecule has 3 nitrogen and oxygen atoms in total. The van der Waals surface area contributed by atoms with E-state index in [1.54, 1.807) is 0 Å². The van der Waals surface area contributed by atoms with Crippen LogP contribution in [0.4, 0.5) is 0 Å². The molecule has 0 aromatic heterocycles. The normalized spacial score (nSPS) is 16.6. The van der Waals surface area contributed by atoms with Crippen LogP contribution < -0.4 is 0 Å². The van der Waals surface area contributed by atoms with Crippen molar-refractivity contribution in [2.75, 3.05) is 13.2 Å². The molecule has 0 aliphatic heterocycles. The van der Waals surface area contributed by atoms with Crippen molar-refractivity contribution in [2.45, 2.75) is 45.2 Å². The smallest absolute Gasteiger partial charge is 0.179 e. The molecule has 1 aromatic carbocycles. The van der Waals surface area contributed by atoms with Crippen LogP contribution in [0.2, 0.25) is 0 Å². The van der Waals surface area contributed by atoms with E-state index in [1.165, 1.54) is 5.56 Å². The first kappa shape index (κ1) is 14.2. The second-order valence-electron chi connectivity index (χ2n) is 5.28. The second kappa shape index (κ2) is 6.31. The van der Waals surface area contributed by atoms with Gasteiger partial charge < -0.3 is 5.11 Å². The predicted molar refractivity (Wildman–Crippen MR) is 76.4 cm³/mol. The van der Waals surface area contributed by atoms with Gasteiger partial charge >= 0.3 is 0 Å². The molecule has 1 atom stereocenters. The molecule has 19 heavy (non-hydrogen) atoms. The predicted octanol–water partition coefficient (Wildman–Crippen LogP) is 2.28. The zero-order valence-corrected chi connectivity index (χ0v) is 11.8. The molecule has 2 rings (SSSR count). The minimum Gasteiger partial charge on any atom is -0.395 e. The minimum absolute atomic E-state index is 0.114. The molecule has 1 aliphatic rings. The molecule has 0 saturated heterocycles. The van der Waals surface area contributed by atoms with Crippen molar-refractivity contribution in [3.05, 3.63) is 35.4 Å². The molecule has 0 radical (unpaired) electrons. The molecule has 1 fully saturated rings. The standard InChI is InChI=1S/C16H23NO2/c1-3-13-4-6-14(7-5-13)16(19)12(2)17(10-11-18)15-8-9-15/h4-7,12,15,18H,3,8-11H2,1-2H3. The molecule has 1 aromatic rings. The lowest BCUT2D eigenvalue weighted by molar-refractivity contribution is 0.0792. The summed E-state index contributed by atoms with van der Waals surface area (Å²) in [6, 6.07) is 8.22. The van der Waals surface area contributed by atoms with Crippen LogP contribution in [0, 0.1) is 0 Å². The van der Waals surface area contributed by atoms with Crippen LogP contribution in [0.5, 0.6) is 0 Å². The molecule has 0 spiro atoms. The highest BCUT2D eigenvalue weighted by Gasteiger charge is 2.34. The Bertz CT molecular complexity index is 423. The van der Waals surface area contributed by atoms with Crippen LogP contribution in [0.1, 0.15) is 42.6 Å². The Morgan fingerprint density at radius 1 is 1.37 bits per heavy atom. The zero-order valence-electron chi connectivity index (χ0n) is 11.8. The highest BCUT2D eigenvalue weighted by atomic mass is 16.3. The van der Waals surface area contributed by atoms with Gasteiger partial charge in [-0.1, -0.05) is 31.2 Å². The topological polar surface area (TPSA) is 40.5 Å². The number of Topliss-reactive ketones (excluding diaryl/α,β-unsaturated/α-hetero) is 1. The maximum atomic E-state index is 12.5. The first-order valence-corrected chi connectivity index (χ1v) is 7.17. The fourth-order valence-electron chi connectivity index (χ4n) is 2.51. The van der Waals surface area contributed by atoms with Gasteiger partial charge in [-0.05, 0) is 31.7 Å². The Hall–Kier alpha value is -1.19. The summed E-state index contributed by atoms with van der Waals surface area (Å²) in [5, 5.41) is 9.13. The number of nitrogens with zero attached hydrogens (tertiary/aromatic N) is 1. The second-order valence-corrected chi connectivity index (χ2v) is 5.28. The highest BCUT2D eigenvalue weighted by Crippen LogP contribution is 2.29. The lowest BCUT2D eigenvalue weighted by Crippen LogP contribution is -2.42. The van der Waals surface area contributed by atoms with Gasteiger partial charge in [0.25, 0.3) is 0 Å². The van der Waals surface area contributed by atoms with Gasteiger partial charge in [0.1, 0.15) is 0 Å². The van der Waals surface area contributed by atoms with Crippen molar-refractivity contribution in [1.29, 1.82) is 0 Å². The number of hydrogen-bond donors (Lipinski definition) is 1. The van der Waals surface area contributed by atoms with Gasteiger partial charge in [-0.3, -0.25) is 9.69 Å². The van der Waals surface area contributed by atoms with Crippen molar-refractivity contribution in [3.63, 3.8) is 0 Å². The third kappa shape index (κ3) is 3.43. The van der Waals surface area contributed by atoms with E-state index in [0.717, 1.165) is 24.8 Å². The highest BCUT2D eigenvalue weighted by molar-refractivity contribution is 5.99. The molecule has 3 heteroatoms. The van der Waals surface area contributed by atoms with E-state index in [1.807, 2.05) is 31.2 Å². The van der Waals surface area contributed by atoms with Gasteiger partial charge in [0.15, 0.2) is 5.78 Å². The third-order valence-corrected chi connectivity index (χ3v) is 3.90. The number of aliphatic hydroxyl groups excluding tert-OH is 1. The van der Waals surface area contributed by atoms with Crippen LogP contribution >= 0.6 is 0 Å². The third-order valence-electron chi connectivity index (χ3n) is 3.90. The van der Waals surface area contributed by atoms with Gasteiger partial charge in [0.05, 0.1) is 12.6 Å². The maximum absolute atomic E-state index is 12.5. The summed E-state index contributed by atoms with van der Waals surface area (Å²) >= 11 is 0. The lowest BCUT2D eigenvalue weighted by atomic mass is 10.0. The summed E-state index contributed by atoms with van der Waals surface area (Å²) in [6.45, 7) is 4.76. The average Bonchev–Trinajstić information content (AvgIpc) is 3.28. The average molecular weight is 261 g/mol. The molecule has 1 saturated carbocycles. The Balaban J connectivity index is 2.07. The van der Waals surface area contributed by atoms with Gasteiger partial charge in [-0.2, -0.15) is 0 Å². The quantitative estimate of drug-likeness (QED) is 0.766. The molecule has 0 amide bonds. The maximum Gasteiger partial charge on any atom is 0.179 e. The lowest BCUT2D eigenvalue weighted by Gasteiger charge is -2.27. The summed E-state index contributed by atoms with van der Waals surface area (Å²) in [7, 11) is 0. The van der Waals surface area contributed by atoms with Gasteiger partial charge in [0.2, 0.25) is 0 Å². The van der Waals surface area contributed by atoms with Crippen LogP contribution in [0.25, 0.3) is 0 Å². The number of aliphatic hydroxyl groups is 1. The summed E-state index contributed by atoms with van der Waals surface area (Å²) in [5.41, 5.74) is 2.02. The molecular weight excluding hydrogens is 238 g/mol. The largest absolute Gasteiger partial charge is 0.395 e. The van der Waals surface area contributed by atoms with E-state index in [2.05, 4.69) is 11.8 Å². The van der Waals surface area contributed by atoms with Crippen molar-refractivity contribution >= 4 is 5.78 Å². The molecule has 104 valence electrons. The molecule has 1 aliphatic carbocycles. The monoisotopic (exact) mass is 261 g/mol. The van der Waals surface area contributed by atoms with Gasteiger partial charge in [-0.15, -0.1) is 0 Å². The molecular formula is C16H23NO2. The van der Waals surface area contributed by atoms with Crippen LogP contribution in [-0.4, -0.2) is 41.0 Å². The van der Waals surface area contributed by atoms with Crippen molar-refractivity contribution in [1.82, 2.24) is 4.90 Å². The molecule has 0 heterocycles. The number of carbonyl (C=O) groups excluding carboxylic acids is 1. The number of carbonyl (C=O) groups is 1. The van der Waals surface area contributed by atoms with Crippen LogP contribution in [0.3, 0.4) is 0 Å².